The van der Waals surface area contributed by atoms with Crippen molar-refractivity contribution < 1.29 is 18.7 Å². The van der Waals surface area contributed by atoms with Gasteiger partial charge in [-0.05, 0) is 18.1 Å². The zero-order valence-electron chi connectivity index (χ0n) is 9.70. The molecule has 0 saturated heterocycles. The Balaban J connectivity index is 2.19. The summed E-state index contributed by atoms with van der Waals surface area (Å²) in [6.45, 7) is 0.117. The molecule has 2 heterocycles. The molecular weight excluding hydrogens is 258 g/mol. The van der Waals surface area contributed by atoms with Crippen LogP contribution in [0.1, 0.15) is 28.2 Å². The summed E-state index contributed by atoms with van der Waals surface area (Å²) in [6.07, 6.45) is 0.689. The molecule has 8 heteroatoms. The van der Waals surface area contributed by atoms with Crippen LogP contribution in [-0.2, 0) is 13.0 Å². The van der Waals surface area contributed by atoms with E-state index in [0.29, 0.717) is 6.42 Å². The zero-order chi connectivity index (χ0) is 13.8. The average Bonchev–Trinajstić information content (AvgIpc) is 2.81. The van der Waals surface area contributed by atoms with Crippen molar-refractivity contribution in [2.24, 2.45) is 0 Å². The van der Waals surface area contributed by atoms with Gasteiger partial charge >= 0.3 is 5.97 Å². The highest BCUT2D eigenvalue weighted by Crippen LogP contribution is 2.21. The highest BCUT2D eigenvalue weighted by atomic mass is 19.3. The van der Waals surface area contributed by atoms with Crippen molar-refractivity contribution in [3.63, 3.8) is 0 Å². The Kier molecular flexibility index (Phi) is 3.79. The molecule has 0 fully saturated rings. The van der Waals surface area contributed by atoms with E-state index >= 15 is 0 Å². The normalized spacial score (nSPS) is 10.9. The SMILES string of the molecule is O=C(O)c1nnn(CCc2cccnc2)c1C(F)F. The van der Waals surface area contributed by atoms with Gasteiger partial charge in [0.2, 0.25) is 0 Å². The average molecular weight is 268 g/mol. The smallest absolute Gasteiger partial charge is 0.358 e. The van der Waals surface area contributed by atoms with Gasteiger partial charge in [0.1, 0.15) is 5.69 Å². The van der Waals surface area contributed by atoms with Gasteiger partial charge in [0.25, 0.3) is 6.43 Å². The van der Waals surface area contributed by atoms with E-state index in [1.165, 1.54) is 0 Å². The first-order chi connectivity index (χ1) is 9.09. The Morgan fingerprint density at radius 1 is 1.47 bits per heavy atom. The van der Waals surface area contributed by atoms with Gasteiger partial charge in [-0.1, -0.05) is 11.3 Å². The molecule has 0 unspecified atom stereocenters. The number of pyridine rings is 1. The summed E-state index contributed by atoms with van der Waals surface area (Å²) in [7, 11) is 0. The van der Waals surface area contributed by atoms with Crippen LogP contribution in [0.25, 0.3) is 0 Å². The van der Waals surface area contributed by atoms with Gasteiger partial charge in [0, 0.05) is 18.9 Å². The molecule has 0 aromatic carbocycles. The number of alkyl halides is 2. The van der Waals surface area contributed by atoms with E-state index in [1.54, 1.807) is 24.5 Å². The Hall–Kier alpha value is -2.38. The lowest BCUT2D eigenvalue weighted by atomic mass is 10.2. The van der Waals surface area contributed by atoms with Gasteiger partial charge in [-0.15, -0.1) is 5.10 Å². The van der Waals surface area contributed by atoms with Crippen molar-refractivity contribution in [2.45, 2.75) is 19.4 Å². The zero-order valence-corrected chi connectivity index (χ0v) is 9.70. The fraction of sp³-hybridized carbons (Fsp3) is 0.273. The van der Waals surface area contributed by atoms with E-state index in [0.717, 1.165) is 10.2 Å². The van der Waals surface area contributed by atoms with E-state index < -0.39 is 23.8 Å². The Bertz CT molecular complexity index is 571. The molecule has 0 spiro atoms. The van der Waals surface area contributed by atoms with Crippen LogP contribution in [0.2, 0.25) is 0 Å². The standard InChI is InChI=1S/C11H10F2N4O2/c12-10(13)9-8(11(18)19)15-16-17(9)5-3-7-2-1-4-14-6-7/h1-2,4,6,10H,3,5H2,(H,18,19). The number of aromatic carboxylic acids is 1. The third-order valence-electron chi connectivity index (χ3n) is 2.52. The highest BCUT2D eigenvalue weighted by molar-refractivity contribution is 5.86. The quantitative estimate of drug-likeness (QED) is 0.889. The fourth-order valence-electron chi connectivity index (χ4n) is 1.63. The van der Waals surface area contributed by atoms with Gasteiger partial charge in [-0.2, -0.15) is 0 Å². The lowest BCUT2D eigenvalue weighted by molar-refractivity contribution is 0.0675. The second-order valence-corrected chi connectivity index (χ2v) is 3.76. The third-order valence-corrected chi connectivity index (χ3v) is 2.52. The number of carboxylic acid groups (broad SMARTS) is 1. The number of rotatable bonds is 5. The molecule has 1 N–H and O–H groups in total. The second kappa shape index (κ2) is 5.51. The summed E-state index contributed by atoms with van der Waals surface area (Å²) < 4.78 is 26.6. The number of hydrogen-bond acceptors (Lipinski definition) is 4. The molecule has 6 nitrogen and oxygen atoms in total. The minimum Gasteiger partial charge on any atom is -0.476 e. The summed E-state index contributed by atoms with van der Waals surface area (Å²) in [4.78, 5) is 14.7. The van der Waals surface area contributed by atoms with Gasteiger partial charge in [-0.3, -0.25) is 4.98 Å². The lowest BCUT2D eigenvalue weighted by Crippen LogP contribution is -2.10. The maximum Gasteiger partial charge on any atom is 0.358 e. The minimum atomic E-state index is -2.94. The summed E-state index contributed by atoms with van der Waals surface area (Å²) in [5.41, 5.74) is -0.535. The van der Waals surface area contributed by atoms with E-state index in [4.69, 9.17) is 5.11 Å². The molecule has 19 heavy (non-hydrogen) atoms. The molecule has 0 saturated carbocycles. The molecule has 2 rings (SSSR count). The molecule has 0 amide bonds. The summed E-state index contributed by atoms with van der Waals surface area (Å²) in [5.74, 6) is -1.51. The molecule has 0 atom stereocenters. The molecule has 0 aliphatic rings. The van der Waals surface area contributed by atoms with E-state index in [1.807, 2.05) is 0 Å². The van der Waals surface area contributed by atoms with Crippen LogP contribution in [-0.4, -0.2) is 31.1 Å². The lowest BCUT2D eigenvalue weighted by Gasteiger charge is -2.05. The number of nitrogens with zero attached hydrogens (tertiary/aromatic N) is 4. The van der Waals surface area contributed by atoms with E-state index in [-0.39, 0.29) is 6.54 Å². The number of aromatic nitrogens is 4. The van der Waals surface area contributed by atoms with Crippen molar-refractivity contribution in [3.05, 3.63) is 41.5 Å². The van der Waals surface area contributed by atoms with Crippen LogP contribution in [0.3, 0.4) is 0 Å². The number of carbonyl (C=O) groups is 1. The fourth-order valence-corrected chi connectivity index (χ4v) is 1.63. The first-order valence-corrected chi connectivity index (χ1v) is 5.43. The molecule has 0 bridgehead atoms. The maximum atomic E-state index is 12.8. The van der Waals surface area contributed by atoms with Gasteiger partial charge in [-0.25, -0.2) is 18.3 Å². The predicted octanol–water partition coefficient (Wildman–Crippen LogP) is 1.55. The largest absolute Gasteiger partial charge is 0.476 e. The topological polar surface area (TPSA) is 80.9 Å². The molecule has 0 radical (unpaired) electrons. The van der Waals surface area contributed by atoms with Crippen LogP contribution < -0.4 is 0 Å². The summed E-state index contributed by atoms with van der Waals surface area (Å²) in [5, 5.41) is 15.5. The van der Waals surface area contributed by atoms with Crippen LogP contribution >= 0.6 is 0 Å². The first kappa shape index (κ1) is 13.1. The number of hydrogen-bond donors (Lipinski definition) is 1. The minimum absolute atomic E-state index is 0.117. The van der Waals surface area contributed by atoms with Crippen molar-refractivity contribution in [1.29, 1.82) is 0 Å². The molecular formula is C11H10F2N4O2. The Morgan fingerprint density at radius 2 is 2.26 bits per heavy atom. The number of halogens is 2. The van der Waals surface area contributed by atoms with Crippen LogP contribution in [0, 0.1) is 0 Å². The molecule has 2 aromatic heterocycles. The molecule has 100 valence electrons. The van der Waals surface area contributed by atoms with Crippen molar-refractivity contribution in [1.82, 2.24) is 20.0 Å². The molecule has 2 aromatic rings. The van der Waals surface area contributed by atoms with Gasteiger partial charge in [0.15, 0.2) is 5.69 Å². The predicted molar refractivity (Wildman–Crippen MR) is 59.9 cm³/mol. The van der Waals surface area contributed by atoms with Crippen molar-refractivity contribution in [3.8, 4) is 0 Å². The number of carboxylic acids is 1. The third kappa shape index (κ3) is 2.90. The van der Waals surface area contributed by atoms with Gasteiger partial charge < -0.3 is 5.11 Å². The maximum absolute atomic E-state index is 12.8. The highest BCUT2D eigenvalue weighted by Gasteiger charge is 2.25. The Morgan fingerprint density at radius 3 is 2.84 bits per heavy atom. The monoisotopic (exact) mass is 268 g/mol. The first-order valence-electron chi connectivity index (χ1n) is 5.43. The Labute approximate surface area is 106 Å². The molecule has 0 aliphatic heterocycles. The molecule has 0 aliphatic carbocycles. The van der Waals surface area contributed by atoms with E-state index in [9.17, 15) is 13.6 Å². The van der Waals surface area contributed by atoms with Crippen molar-refractivity contribution >= 4 is 5.97 Å². The van der Waals surface area contributed by atoms with Crippen LogP contribution in [0.5, 0.6) is 0 Å². The number of aryl methyl sites for hydroxylation is 2. The summed E-state index contributed by atoms with van der Waals surface area (Å²) in [6, 6.07) is 3.53. The second-order valence-electron chi connectivity index (χ2n) is 3.76. The van der Waals surface area contributed by atoms with Gasteiger partial charge in [0.05, 0.1) is 0 Å². The van der Waals surface area contributed by atoms with E-state index in [2.05, 4.69) is 15.3 Å². The summed E-state index contributed by atoms with van der Waals surface area (Å²) >= 11 is 0. The van der Waals surface area contributed by atoms with Crippen LogP contribution in [0.4, 0.5) is 8.78 Å². The van der Waals surface area contributed by atoms with Crippen molar-refractivity contribution in [2.75, 3.05) is 0 Å². The van der Waals surface area contributed by atoms with Crippen LogP contribution in [0.15, 0.2) is 24.5 Å².